The molecule has 8 rings (SSSR count). The number of rotatable bonds is 6. The molecule has 198 valence electrons. The van der Waals surface area contributed by atoms with E-state index in [0.29, 0.717) is 39.7 Å². The van der Waals surface area contributed by atoms with Gasteiger partial charge in [-0.3, -0.25) is 4.79 Å². The lowest BCUT2D eigenvalue weighted by atomic mass is 9.58. The number of ether oxygens (including phenoxy) is 1. The maximum Gasteiger partial charge on any atom is 0.229 e. The topological polar surface area (TPSA) is 55.6 Å². The molecule has 0 spiro atoms. The van der Waals surface area contributed by atoms with Crippen LogP contribution in [0.5, 0.6) is 0 Å². The van der Waals surface area contributed by atoms with E-state index in [-0.39, 0.29) is 11.0 Å². The summed E-state index contributed by atoms with van der Waals surface area (Å²) in [6, 6.07) is 14.0. The van der Waals surface area contributed by atoms with E-state index in [2.05, 4.69) is 34.3 Å². The molecule has 5 aliphatic rings. The first-order chi connectivity index (χ1) is 18.5. The summed E-state index contributed by atoms with van der Waals surface area (Å²) in [5.74, 6) is 1.66. The van der Waals surface area contributed by atoms with Gasteiger partial charge in [-0.05, 0) is 81.0 Å². The maximum atomic E-state index is 13.8. The van der Waals surface area contributed by atoms with Gasteiger partial charge in [0.15, 0.2) is 0 Å². The second kappa shape index (κ2) is 9.39. The van der Waals surface area contributed by atoms with Crippen LogP contribution in [0.2, 0.25) is 10.0 Å². The van der Waals surface area contributed by atoms with E-state index in [0.717, 1.165) is 82.2 Å². The van der Waals surface area contributed by atoms with Gasteiger partial charge in [0.25, 0.3) is 0 Å². The Balaban J connectivity index is 1.07. The number of amides is 1. The number of hydrogen-bond acceptors (Lipinski definition) is 4. The van der Waals surface area contributed by atoms with Crippen LogP contribution in [0.3, 0.4) is 0 Å². The molecule has 1 amide bonds. The average Bonchev–Trinajstić information content (AvgIpc) is 3.72. The van der Waals surface area contributed by atoms with Gasteiger partial charge in [0, 0.05) is 35.5 Å². The number of carbonyl (C=O) groups excluding carboxylic acids is 1. The highest BCUT2D eigenvalue weighted by atomic mass is 35.5. The van der Waals surface area contributed by atoms with Crippen LogP contribution in [0.25, 0.3) is 11.3 Å². The van der Waals surface area contributed by atoms with Gasteiger partial charge < -0.3 is 14.2 Å². The number of aromatic nitrogens is 1. The number of nitrogens with zero attached hydrogens (tertiary/aromatic N) is 2. The van der Waals surface area contributed by atoms with Gasteiger partial charge in [0.05, 0.1) is 22.3 Å². The van der Waals surface area contributed by atoms with E-state index in [1.807, 2.05) is 18.2 Å². The summed E-state index contributed by atoms with van der Waals surface area (Å²) in [6.45, 7) is 1.99. The van der Waals surface area contributed by atoms with Gasteiger partial charge >= 0.3 is 0 Å². The third-order valence-electron chi connectivity index (χ3n) is 9.54. The standard InChI is InChI=1S/C31H32Cl2N2O3/c32-24-6-3-7-25(33)26(24)27-23(28(38-34-27)21-8-9-21)19-37-31-14-11-30(12-15-31,13-16-31)29(36)35-17-10-20-4-1-2-5-22(20)18-35/h1-7,21H,8-19H2. The Morgan fingerprint density at radius 3 is 2.34 bits per heavy atom. The lowest BCUT2D eigenvalue weighted by Crippen LogP contribution is -2.55. The second-order valence-corrected chi connectivity index (χ2v) is 12.6. The highest BCUT2D eigenvalue weighted by Gasteiger charge is 2.54. The van der Waals surface area contributed by atoms with E-state index in [1.165, 1.54) is 11.1 Å². The van der Waals surface area contributed by atoms with Crippen molar-refractivity contribution >= 4 is 29.1 Å². The minimum atomic E-state index is -0.232. The molecule has 0 unspecified atom stereocenters. The lowest BCUT2D eigenvalue weighted by Gasteiger charge is -2.53. The normalized spacial score (nSPS) is 26.4. The maximum absolute atomic E-state index is 13.8. The molecule has 3 aromatic rings. The van der Waals surface area contributed by atoms with Crippen molar-refractivity contribution in [3.8, 4) is 11.3 Å². The minimum Gasteiger partial charge on any atom is -0.370 e. The number of hydrogen-bond donors (Lipinski definition) is 0. The smallest absolute Gasteiger partial charge is 0.229 e. The first kappa shape index (κ1) is 24.7. The molecule has 7 heteroatoms. The summed E-state index contributed by atoms with van der Waals surface area (Å²) in [4.78, 5) is 15.9. The zero-order valence-corrected chi connectivity index (χ0v) is 23.0. The Hall–Kier alpha value is -2.34. The van der Waals surface area contributed by atoms with Crippen molar-refractivity contribution in [1.29, 1.82) is 0 Å². The van der Waals surface area contributed by atoms with Crippen LogP contribution in [0.15, 0.2) is 47.0 Å². The number of fused-ring (bicyclic) bond motifs is 4. The molecule has 1 aromatic heterocycles. The fourth-order valence-corrected chi connectivity index (χ4v) is 7.54. The van der Waals surface area contributed by atoms with Crippen molar-refractivity contribution in [3.05, 3.63) is 75.0 Å². The third kappa shape index (κ3) is 4.18. The minimum absolute atomic E-state index is 0.198. The molecular formula is C31H32Cl2N2O3. The molecule has 0 saturated heterocycles. The molecule has 4 saturated carbocycles. The van der Waals surface area contributed by atoms with Crippen molar-refractivity contribution in [2.24, 2.45) is 5.41 Å². The summed E-state index contributed by atoms with van der Waals surface area (Å²) >= 11 is 13.1. The predicted octanol–water partition coefficient (Wildman–Crippen LogP) is 7.72. The van der Waals surface area contributed by atoms with Gasteiger partial charge in [-0.2, -0.15) is 0 Å². The van der Waals surface area contributed by atoms with Crippen LogP contribution in [0.1, 0.15) is 79.7 Å². The Bertz CT molecular complexity index is 1350. The Kier molecular flexibility index (Phi) is 6.10. The molecule has 0 atom stereocenters. The first-order valence-corrected chi connectivity index (χ1v) is 14.7. The fourth-order valence-electron chi connectivity index (χ4n) is 6.97. The van der Waals surface area contributed by atoms with E-state index in [4.69, 9.17) is 32.5 Å². The molecule has 4 fully saturated rings. The number of carbonyl (C=O) groups is 1. The quantitative estimate of drug-likeness (QED) is 0.315. The number of benzene rings is 2. The predicted molar refractivity (Wildman–Crippen MR) is 147 cm³/mol. The fraction of sp³-hybridized carbons (Fsp3) is 0.484. The summed E-state index contributed by atoms with van der Waals surface area (Å²) in [5, 5.41) is 5.54. The van der Waals surface area contributed by atoms with Crippen molar-refractivity contribution < 1.29 is 14.1 Å². The summed E-state index contributed by atoms with van der Waals surface area (Å²) in [7, 11) is 0. The zero-order chi connectivity index (χ0) is 25.9. The molecule has 2 heterocycles. The summed E-state index contributed by atoms with van der Waals surface area (Å²) < 4.78 is 12.6. The van der Waals surface area contributed by atoms with Crippen LogP contribution < -0.4 is 0 Å². The van der Waals surface area contributed by atoms with Crippen LogP contribution in [0, 0.1) is 5.41 Å². The Morgan fingerprint density at radius 1 is 0.974 bits per heavy atom. The zero-order valence-electron chi connectivity index (χ0n) is 21.5. The van der Waals surface area contributed by atoms with Crippen molar-refractivity contribution in [2.75, 3.05) is 6.54 Å². The van der Waals surface area contributed by atoms with Gasteiger partial charge in [-0.25, -0.2) is 0 Å². The molecule has 2 bridgehead atoms. The van der Waals surface area contributed by atoms with Gasteiger partial charge in [0.1, 0.15) is 11.5 Å². The van der Waals surface area contributed by atoms with Gasteiger partial charge in [0.2, 0.25) is 5.91 Å². The molecule has 4 aliphatic carbocycles. The molecule has 2 aromatic carbocycles. The van der Waals surface area contributed by atoms with Crippen LogP contribution in [-0.2, 0) is 29.1 Å². The molecule has 1 aliphatic heterocycles. The lowest BCUT2D eigenvalue weighted by molar-refractivity contribution is -0.171. The number of halogens is 2. The van der Waals surface area contributed by atoms with Gasteiger partial charge in [-0.1, -0.05) is 58.7 Å². The van der Waals surface area contributed by atoms with Crippen LogP contribution in [-0.4, -0.2) is 28.1 Å². The van der Waals surface area contributed by atoms with Crippen molar-refractivity contribution in [1.82, 2.24) is 10.1 Å². The SMILES string of the molecule is O=C(N1CCc2ccccc2C1)C12CCC(OCc3c(-c4c(Cl)cccc4Cl)noc3C3CC3)(CC1)CC2. The summed E-state index contributed by atoms with van der Waals surface area (Å²) in [5.41, 5.74) is 4.62. The van der Waals surface area contributed by atoms with Crippen molar-refractivity contribution in [3.63, 3.8) is 0 Å². The molecule has 0 N–H and O–H groups in total. The summed E-state index contributed by atoms with van der Waals surface area (Å²) in [6.07, 6.45) is 8.58. The Morgan fingerprint density at radius 2 is 1.66 bits per heavy atom. The molecule has 5 nitrogen and oxygen atoms in total. The second-order valence-electron chi connectivity index (χ2n) is 11.7. The van der Waals surface area contributed by atoms with Gasteiger partial charge in [-0.15, -0.1) is 0 Å². The third-order valence-corrected chi connectivity index (χ3v) is 10.2. The highest BCUT2D eigenvalue weighted by Crippen LogP contribution is 2.56. The molecule has 38 heavy (non-hydrogen) atoms. The first-order valence-electron chi connectivity index (χ1n) is 13.9. The van der Waals surface area contributed by atoms with E-state index in [9.17, 15) is 4.79 Å². The Labute approximate surface area is 233 Å². The van der Waals surface area contributed by atoms with Crippen molar-refractivity contribution in [2.45, 2.75) is 82.5 Å². The van der Waals surface area contributed by atoms with E-state index < -0.39 is 0 Å². The van der Waals surface area contributed by atoms with Crippen LogP contribution in [0.4, 0.5) is 0 Å². The molecular weight excluding hydrogens is 519 g/mol. The molecule has 0 radical (unpaired) electrons. The largest absolute Gasteiger partial charge is 0.370 e. The highest BCUT2D eigenvalue weighted by molar-refractivity contribution is 6.39. The van der Waals surface area contributed by atoms with Crippen LogP contribution >= 0.6 is 23.2 Å². The average molecular weight is 552 g/mol. The van der Waals surface area contributed by atoms with E-state index in [1.54, 1.807) is 0 Å². The van der Waals surface area contributed by atoms with E-state index >= 15 is 0 Å². The monoisotopic (exact) mass is 550 g/mol.